The van der Waals surface area contributed by atoms with Gasteiger partial charge in [-0.2, -0.15) is 8.42 Å². The van der Waals surface area contributed by atoms with Crippen LogP contribution in [0, 0.1) is 0 Å². The summed E-state index contributed by atoms with van der Waals surface area (Å²) >= 11 is 0. The topological polar surface area (TPSA) is 43.4 Å². The normalized spacial score (nSPS) is 11.8. The third-order valence-electron chi connectivity index (χ3n) is 5.20. The van der Waals surface area contributed by atoms with Crippen molar-refractivity contribution < 1.29 is 12.6 Å². The summed E-state index contributed by atoms with van der Waals surface area (Å²) in [6, 6.07) is 9.20. The van der Waals surface area contributed by atoms with E-state index >= 15 is 0 Å². The Bertz CT molecular complexity index is 554. The fourth-order valence-electron chi connectivity index (χ4n) is 3.48. The molecule has 0 amide bonds. The highest BCUT2D eigenvalue weighted by molar-refractivity contribution is 7.85. The first-order valence-electron chi connectivity index (χ1n) is 11.5. The van der Waals surface area contributed by atoms with Crippen LogP contribution in [0.25, 0.3) is 0 Å². The minimum absolute atomic E-state index is 0.0351. The Hall–Kier alpha value is -0.870. The van der Waals surface area contributed by atoms with Gasteiger partial charge in [0.1, 0.15) is 5.75 Å². The van der Waals surface area contributed by atoms with Crippen LogP contribution in [-0.4, -0.2) is 15.0 Å². The Morgan fingerprint density at radius 1 is 0.643 bits per heavy atom. The van der Waals surface area contributed by atoms with Gasteiger partial charge >= 0.3 is 0 Å². The van der Waals surface area contributed by atoms with Crippen LogP contribution in [0.5, 0.6) is 0 Å². The van der Waals surface area contributed by atoms with Crippen LogP contribution in [0.15, 0.2) is 30.3 Å². The maximum atomic E-state index is 11.9. The molecule has 0 atom stereocenters. The minimum Gasteiger partial charge on any atom is -0.270 e. The summed E-state index contributed by atoms with van der Waals surface area (Å²) in [6.07, 6.45) is 19.5. The van der Waals surface area contributed by atoms with Crippen molar-refractivity contribution in [3.8, 4) is 0 Å². The lowest BCUT2D eigenvalue weighted by atomic mass is 10.0. The lowest BCUT2D eigenvalue weighted by Crippen LogP contribution is -2.09. The quantitative estimate of drug-likeness (QED) is 0.176. The van der Waals surface area contributed by atoms with E-state index in [0.717, 1.165) is 18.4 Å². The zero-order chi connectivity index (χ0) is 20.3. The summed E-state index contributed by atoms with van der Waals surface area (Å²) in [6.45, 7) is 2.58. The SMILES string of the molecule is CCCCCCCCCCCCCCCCCOS(=O)(=O)Cc1ccccc1. The fourth-order valence-corrected chi connectivity index (χ4v) is 4.54. The van der Waals surface area contributed by atoms with E-state index in [1.165, 1.54) is 83.5 Å². The van der Waals surface area contributed by atoms with Crippen LogP contribution in [0.3, 0.4) is 0 Å². The van der Waals surface area contributed by atoms with Gasteiger partial charge in [0.25, 0.3) is 10.1 Å². The van der Waals surface area contributed by atoms with Gasteiger partial charge in [-0.3, -0.25) is 4.18 Å². The molecule has 0 aliphatic carbocycles. The maximum Gasteiger partial charge on any atom is 0.271 e. The fraction of sp³-hybridized carbons (Fsp3) is 0.750. The molecule has 0 saturated heterocycles. The van der Waals surface area contributed by atoms with Crippen molar-refractivity contribution in [3.05, 3.63) is 35.9 Å². The monoisotopic (exact) mass is 410 g/mol. The van der Waals surface area contributed by atoms with Gasteiger partial charge in [0.2, 0.25) is 0 Å². The van der Waals surface area contributed by atoms with Crippen molar-refractivity contribution in [2.45, 2.75) is 109 Å². The molecule has 0 unspecified atom stereocenters. The summed E-state index contributed by atoms with van der Waals surface area (Å²) in [4.78, 5) is 0. The molecule has 0 aliphatic rings. The van der Waals surface area contributed by atoms with E-state index in [-0.39, 0.29) is 5.75 Å². The molecule has 0 fully saturated rings. The zero-order valence-electron chi connectivity index (χ0n) is 18.0. The molecule has 1 aromatic carbocycles. The highest BCUT2D eigenvalue weighted by atomic mass is 32.2. The third kappa shape index (κ3) is 15.1. The lowest BCUT2D eigenvalue weighted by Gasteiger charge is -2.06. The predicted molar refractivity (Wildman–Crippen MR) is 120 cm³/mol. The van der Waals surface area contributed by atoms with Crippen molar-refractivity contribution in [1.82, 2.24) is 0 Å². The summed E-state index contributed by atoms with van der Waals surface area (Å²) in [7, 11) is -3.45. The number of rotatable bonds is 19. The molecule has 4 heteroatoms. The molecular formula is C24H42O3S. The van der Waals surface area contributed by atoms with Gasteiger partial charge in [0, 0.05) is 0 Å². The molecule has 0 aliphatic heterocycles. The van der Waals surface area contributed by atoms with Gasteiger partial charge in [-0.25, -0.2) is 0 Å². The van der Waals surface area contributed by atoms with Crippen molar-refractivity contribution in [3.63, 3.8) is 0 Å². The number of hydrogen-bond acceptors (Lipinski definition) is 3. The largest absolute Gasteiger partial charge is 0.271 e. The Kier molecular flexibility index (Phi) is 15.3. The number of unbranched alkanes of at least 4 members (excludes halogenated alkanes) is 14. The number of benzene rings is 1. The van der Waals surface area contributed by atoms with E-state index in [1.54, 1.807) is 0 Å². The van der Waals surface area contributed by atoms with Crippen LogP contribution in [0.4, 0.5) is 0 Å². The van der Waals surface area contributed by atoms with E-state index in [0.29, 0.717) is 6.61 Å². The molecule has 0 radical (unpaired) electrons. The van der Waals surface area contributed by atoms with Crippen LogP contribution >= 0.6 is 0 Å². The van der Waals surface area contributed by atoms with Crippen LogP contribution < -0.4 is 0 Å². The van der Waals surface area contributed by atoms with Gasteiger partial charge in [0.05, 0.1) is 6.61 Å². The van der Waals surface area contributed by atoms with Crippen LogP contribution in [-0.2, 0) is 20.1 Å². The first kappa shape index (κ1) is 25.2. The van der Waals surface area contributed by atoms with Gasteiger partial charge in [-0.15, -0.1) is 0 Å². The Morgan fingerprint density at radius 3 is 1.54 bits per heavy atom. The molecule has 28 heavy (non-hydrogen) atoms. The molecule has 162 valence electrons. The molecule has 0 heterocycles. The van der Waals surface area contributed by atoms with Gasteiger partial charge < -0.3 is 0 Å². The standard InChI is InChI=1S/C24H42O3S/c1-2-3-4-5-6-7-8-9-10-11-12-13-14-15-19-22-27-28(25,26)23-24-20-17-16-18-21-24/h16-18,20-21H,2-15,19,22-23H2,1H3. The summed E-state index contributed by atoms with van der Waals surface area (Å²) in [5.41, 5.74) is 0.777. The predicted octanol–water partition coefficient (Wildman–Crippen LogP) is 7.40. The van der Waals surface area contributed by atoms with Crippen molar-refractivity contribution in [2.24, 2.45) is 0 Å². The van der Waals surface area contributed by atoms with Crippen molar-refractivity contribution in [2.75, 3.05) is 6.61 Å². The average Bonchev–Trinajstić information content (AvgIpc) is 2.68. The first-order chi connectivity index (χ1) is 13.6. The molecule has 1 aromatic rings. The maximum absolute atomic E-state index is 11.9. The van der Waals surface area contributed by atoms with Gasteiger partial charge in [-0.1, -0.05) is 127 Å². The molecular weight excluding hydrogens is 368 g/mol. The van der Waals surface area contributed by atoms with Crippen LogP contribution in [0.1, 0.15) is 109 Å². The lowest BCUT2D eigenvalue weighted by molar-refractivity contribution is 0.305. The Morgan fingerprint density at radius 2 is 1.07 bits per heavy atom. The molecule has 0 N–H and O–H groups in total. The molecule has 0 saturated carbocycles. The first-order valence-corrected chi connectivity index (χ1v) is 13.1. The average molecular weight is 411 g/mol. The summed E-state index contributed by atoms with van der Waals surface area (Å²) < 4.78 is 29.0. The minimum atomic E-state index is -3.45. The second-order valence-corrected chi connectivity index (χ2v) is 9.60. The van der Waals surface area contributed by atoms with Gasteiger partial charge in [-0.05, 0) is 12.0 Å². The number of hydrogen-bond donors (Lipinski definition) is 0. The molecule has 0 bridgehead atoms. The highest BCUT2D eigenvalue weighted by Gasteiger charge is 2.11. The van der Waals surface area contributed by atoms with E-state index in [2.05, 4.69) is 6.92 Å². The Labute approximate surface area is 174 Å². The molecule has 0 spiro atoms. The van der Waals surface area contributed by atoms with Crippen molar-refractivity contribution in [1.29, 1.82) is 0 Å². The van der Waals surface area contributed by atoms with E-state index < -0.39 is 10.1 Å². The second kappa shape index (κ2) is 17.0. The molecule has 0 aromatic heterocycles. The molecule has 3 nitrogen and oxygen atoms in total. The zero-order valence-corrected chi connectivity index (χ0v) is 18.9. The van der Waals surface area contributed by atoms with E-state index in [4.69, 9.17) is 4.18 Å². The second-order valence-electron chi connectivity index (χ2n) is 7.96. The third-order valence-corrected chi connectivity index (χ3v) is 6.41. The van der Waals surface area contributed by atoms with E-state index in [1.807, 2.05) is 30.3 Å². The van der Waals surface area contributed by atoms with Gasteiger partial charge in [0.15, 0.2) is 0 Å². The van der Waals surface area contributed by atoms with Crippen molar-refractivity contribution >= 4 is 10.1 Å². The summed E-state index contributed by atoms with van der Waals surface area (Å²) in [5.74, 6) is -0.0351. The smallest absolute Gasteiger partial charge is 0.270 e. The summed E-state index contributed by atoms with van der Waals surface area (Å²) in [5, 5.41) is 0. The Balaban J connectivity index is 1.84. The van der Waals surface area contributed by atoms with Crippen LogP contribution in [0.2, 0.25) is 0 Å². The van der Waals surface area contributed by atoms with E-state index in [9.17, 15) is 8.42 Å². The molecule has 1 rings (SSSR count). The highest BCUT2D eigenvalue weighted by Crippen LogP contribution is 2.14.